The lowest BCUT2D eigenvalue weighted by molar-refractivity contribution is 0.0487. The molecule has 0 saturated carbocycles. The van der Waals surface area contributed by atoms with E-state index < -0.39 is 0 Å². The Kier molecular flexibility index (Phi) is 6.50. The second-order valence-electron chi connectivity index (χ2n) is 6.66. The number of carbonyl (C=O) groups is 1. The van der Waals surface area contributed by atoms with E-state index in [4.69, 9.17) is 9.47 Å². The van der Waals surface area contributed by atoms with Crippen molar-refractivity contribution in [1.29, 1.82) is 0 Å². The first-order valence-corrected chi connectivity index (χ1v) is 9.88. The Morgan fingerprint density at radius 1 is 1.22 bits per heavy atom. The largest absolute Gasteiger partial charge is 0.494 e. The fraction of sp³-hybridized carbons (Fsp3) is 0.381. The van der Waals surface area contributed by atoms with Gasteiger partial charge < -0.3 is 14.8 Å². The summed E-state index contributed by atoms with van der Waals surface area (Å²) in [5.74, 6) is 0.232. The SMILES string of the molecule is CCOc1ccc(C2(CNC(=O)c3ccc(F)cc3Br)CCOCC2)cc1. The Hall–Kier alpha value is -1.92. The van der Waals surface area contributed by atoms with Crippen LogP contribution in [0.4, 0.5) is 4.39 Å². The highest BCUT2D eigenvalue weighted by Crippen LogP contribution is 2.35. The van der Waals surface area contributed by atoms with Gasteiger partial charge in [0.25, 0.3) is 5.91 Å². The lowest BCUT2D eigenvalue weighted by atomic mass is 9.74. The van der Waals surface area contributed by atoms with E-state index >= 15 is 0 Å². The van der Waals surface area contributed by atoms with Crippen LogP contribution in [0.1, 0.15) is 35.7 Å². The minimum Gasteiger partial charge on any atom is -0.494 e. The van der Waals surface area contributed by atoms with E-state index in [2.05, 4.69) is 33.4 Å². The van der Waals surface area contributed by atoms with Gasteiger partial charge in [-0.15, -0.1) is 0 Å². The molecule has 1 aliphatic rings. The first-order valence-electron chi connectivity index (χ1n) is 9.08. The molecule has 3 rings (SSSR count). The molecule has 0 atom stereocenters. The highest BCUT2D eigenvalue weighted by Gasteiger charge is 2.35. The van der Waals surface area contributed by atoms with Crippen molar-refractivity contribution in [2.45, 2.75) is 25.2 Å². The molecule has 6 heteroatoms. The number of hydrogen-bond acceptors (Lipinski definition) is 3. The molecule has 2 aromatic carbocycles. The molecule has 4 nitrogen and oxygen atoms in total. The Morgan fingerprint density at radius 3 is 2.56 bits per heavy atom. The molecular formula is C21H23BrFNO3. The topological polar surface area (TPSA) is 47.6 Å². The second-order valence-corrected chi connectivity index (χ2v) is 7.51. The second kappa shape index (κ2) is 8.85. The van der Waals surface area contributed by atoms with E-state index in [0.717, 1.165) is 24.2 Å². The van der Waals surface area contributed by atoms with Gasteiger partial charge in [-0.25, -0.2) is 4.39 Å². The van der Waals surface area contributed by atoms with Crippen molar-refractivity contribution in [3.05, 3.63) is 63.9 Å². The molecule has 2 aromatic rings. The highest BCUT2D eigenvalue weighted by atomic mass is 79.9. The molecule has 1 amide bonds. The molecule has 0 unspecified atom stereocenters. The third-order valence-electron chi connectivity index (χ3n) is 4.99. The zero-order valence-electron chi connectivity index (χ0n) is 15.3. The third kappa shape index (κ3) is 4.68. The summed E-state index contributed by atoms with van der Waals surface area (Å²) in [4.78, 5) is 12.6. The summed E-state index contributed by atoms with van der Waals surface area (Å²) >= 11 is 3.26. The number of ether oxygens (including phenoxy) is 2. The van der Waals surface area contributed by atoms with Crippen LogP contribution in [0.15, 0.2) is 46.9 Å². The predicted octanol–water partition coefficient (Wildman–Crippen LogP) is 4.47. The van der Waals surface area contributed by atoms with Crippen molar-refractivity contribution in [2.24, 2.45) is 0 Å². The molecule has 27 heavy (non-hydrogen) atoms. The van der Waals surface area contributed by atoms with Gasteiger partial charge in [0.1, 0.15) is 11.6 Å². The van der Waals surface area contributed by atoms with E-state index in [1.165, 1.54) is 18.2 Å². The Morgan fingerprint density at radius 2 is 1.93 bits per heavy atom. The van der Waals surface area contributed by atoms with E-state index in [-0.39, 0.29) is 17.1 Å². The maximum absolute atomic E-state index is 13.3. The van der Waals surface area contributed by atoms with E-state index in [0.29, 0.717) is 36.4 Å². The minimum absolute atomic E-state index is 0.189. The third-order valence-corrected chi connectivity index (χ3v) is 5.65. The molecule has 144 valence electrons. The fourth-order valence-corrected chi connectivity index (χ4v) is 3.95. The first kappa shape index (κ1) is 19.8. The predicted molar refractivity (Wildman–Crippen MR) is 106 cm³/mol. The summed E-state index contributed by atoms with van der Waals surface area (Å²) in [7, 11) is 0. The van der Waals surface area contributed by atoms with Crippen LogP contribution in [0.3, 0.4) is 0 Å². The van der Waals surface area contributed by atoms with Crippen molar-refractivity contribution in [2.75, 3.05) is 26.4 Å². The molecule has 1 fully saturated rings. The van der Waals surface area contributed by atoms with Crippen LogP contribution >= 0.6 is 15.9 Å². The molecule has 0 radical (unpaired) electrons. The van der Waals surface area contributed by atoms with E-state index in [1.807, 2.05) is 19.1 Å². The summed E-state index contributed by atoms with van der Waals surface area (Å²) in [5.41, 5.74) is 1.39. The molecule has 1 saturated heterocycles. The van der Waals surface area contributed by atoms with Crippen molar-refractivity contribution in [1.82, 2.24) is 5.32 Å². The molecular weight excluding hydrogens is 413 g/mol. The van der Waals surface area contributed by atoms with Gasteiger partial charge in [0.15, 0.2) is 0 Å². The zero-order valence-corrected chi connectivity index (χ0v) is 16.9. The zero-order chi connectivity index (χ0) is 19.3. The smallest absolute Gasteiger partial charge is 0.252 e. The van der Waals surface area contributed by atoms with Crippen LogP contribution < -0.4 is 10.1 Å². The van der Waals surface area contributed by atoms with E-state index in [1.54, 1.807) is 0 Å². The Balaban J connectivity index is 1.77. The minimum atomic E-state index is -0.381. The number of hydrogen-bond donors (Lipinski definition) is 1. The van der Waals surface area contributed by atoms with Crippen molar-refractivity contribution in [3.63, 3.8) is 0 Å². The Labute approximate surface area is 167 Å². The Bertz CT molecular complexity index is 789. The summed E-state index contributed by atoms with van der Waals surface area (Å²) < 4.78 is 24.8. The average Bonchev–Trinajstić information content (AvgIpc) is 2.68. The molecule has 0 aromatic heterocycles. The number of halogens is 2. The van der Waals surface area contributed by atoms with Crippen LogP contribution in [-0.4, -0.2) is 32.3 Å². The van der Waals surface area contributed by atoms with Crippen molar-refractivity contribution in [3.8, 4) is 5.75 Å². The molecule has 0 spiro atoms. The maximum atomic E-state index is 13.3. The summed E-state index contributed by atoms with van der Waals surface area (Å²) in [6.07, 6.45) is 1.65. The molecule has 0 aliphatic carbocycles. The van der Waals surface area contributed by atoms with Gasteiger partial charge in [0.05, 0.1) is 12.2 Å². The molecule has 1 heterocycles. The van der Waals surface area contributed by atoms with Gasteiger partial charge in [-0.2, -0.15) is 0 Å². The van der Waals surface area contributed by atoms with E-state index in [9.17, 15) is 9.18 Å². The van der Waals surface area contributed by atoms with Crippen molar-refractivity contribution >= 4 is 21.8 Å². The summed E-state index contributed by atoms with van der Waals surface area (Å²) in [6.45, 7) is 4.39. The van der Waals surface area contributed by atoms with Gasteiger partial charge >= 0.3 is 0 Å². The lowest BCUT2D eigenvalue weighted by Gasteiger charge is -2.38. The number of benzene rings is 2. The standard InChI is InChI=1S/C21H23BrFNO3/c1-2-27-17-6-3-15(4-7-17)21(9-11-26-12-10-21)14-24-20(25)18-8-5-16(23)13-19(18)22/h3-8,13H,2,9-12,14H2,1H3,(H,24,25). The first-order chi connectivity index (χ1) is 13.0. The van der Waals surface area contributed by atoms with Crippen molar-refractivity contribution < 1.29 is 18.7 Å². The van der Waals surface area contributed by atoms with Crippen LogP contribution in [0.5, 0.6) is 5.75 Å². The van der Waals surface area contributed by atoms with Gasteiger partial charge in [-0.05, 0) is 71.6 Å². The monoisotopic (exact) mass is 435 g/mol. The van der Waals surface area contributed by atoms with Crippen LogP contribution in [0.2, 0.25) is 0 Å². The maximum Gasteiger partial charge on any atom is 0.252 e. The summed E-state index contributed by atoms with van der Waals surface area (Å²) in [5, 5.41) is 3.03. The number of nitrogens with one attached hydrogen (secondary N) is 1. The number of amides is 1. The van der Waals surface area contributed by atoms with Gasteiger partial charge in [0.2, 0.25) is 0 Å². The molecule has 0 bridgehead atoms. The normalized spacial score (nSPS) is 16.0. The average molecular weight is 436 g/mol. The van der Waals surface area contributed by atoms with Crippen LogP contribution in [-0.2, 0) is 10.2 Å². The summed E-state index contributed by atoms with van der Waals surface area (Å²) in [6, 6.07) is 12.1. The highest BCUT2D eigenvalue weighted by molar-refractivity contribution is 9.10. The quantitative estimate of drug-likeness (QED) is 0.727. The number of carbonyl (C=O) groups excluding carboxylic acids is 1. The van der Waals surface area contributed by atoms with Crippen LogP contribution in [0, 0.1) is 5.82 Å². The van der Waals surface area contributed by atoms with Gasteiger partial charge in [-0.3, -0.25) is 4.79 Å². The molecule has 1 N–H and O–H groups in total. The lowest BCUT2D eigenvalue weighted by Crippen LogP contribution is -2.44. The number of rotatable bonds is 6. The van der Waals surface area contributed by atoms with Gasteiger partial charge in [-0.1, -0.05) is 12.1 Å². The van der Waals surface area contributed by atoms with Crippen LogP contribution in [0.25, 0.3) is 0 Å². The molecule has 1 aliphatic heterocycles. The fourth-order valence-electron chi connectivity index (χ4n) is 3.42. The van der Waals surface area contributed by atoms with Gasteiger partial charge in [0, 0.05) is 29.6 Å².